The van der Waals surface area contributed by atoms with Gasteiger partial charge < -0.3 is 15.0 Å². The van der Waals surface area contributed by atoms with E-state index in [0.717, 1.165) is 19.3 Å². The molecule has 0 unspecified atom stereocenters. The Morgan fingerprint density at radius 2 is 1.88 bits per heavy atom. The first-order valence-corrected chi connectivity index (χ1v) is 12.3. The van der Waals surface area contributed by atoms with Gasteiger partial charge in [0.25, 0.3) is 0 Å². The first kappa shape index (κ1) is 22.1. The number of hydrogen-bond donors (Lipinski definition) is 1. The average Bonchev–Trinajstić information content (AvgIpc) is 2.83. The third kappa shape index (κ3) is 4.54. The van der Waals surface area contributed by atoms with Crippen molar-refractivity contribution in [2.45, 2.75) is 51.2 Å². The second-order valence-electron chi connectivity index (χ2n) is 9.35. The first-order chi connectivity index (χ1) is 16.0. The number of fused-ring (bicyclic) bond motifs is 2. The van der Waals surface area contributed by atoms with E-state index in [-0.39, 0.29) is 30.0 Å². The number of rotatable bonds is 2. The molecule has 0 radical (unpaired) electrons. The molecule has 6 nitrogen and oxygen atoms in total. The topological polar surface area (TPSA) is 61.9 Å². The third-order valence-corrected chi connectivity index (χ3v) is 7.27. The molecule has 2 heterocycles. The zero-order valence-electron chi connectivity index (χ0n) is 18.9. The van der Waals surface area contributed by atoms with Gasteiger partial charge in [-0.3, -0.25) is 9.69 Å². The lowest BCUT2D eigenvalue weighted by Gasteiger charge is -2.39. The van der Waals surface area contributed by atoms with Crippen molar-refractivity contribution in [3.8, 4) is 5.75 Å². The molecule has 0 bridgehead atoms. The van der Waals surface area contributed by atoms with Crippen LogP contribution in [0, 0.1) is 5.92 Å². The van der Waals surface area contributed by atoms with E-state index < -0.39 is 0 Å². The van der Waals surface area contributed by atoms with Crippen molar-refractivity contribution in [3.63, 3.8) is 0 Å². The molecular weight excluding hydrogens is 438 g/mol. The normalized spacial score (nSPS) is 22.7. The number of ether oxygens (including phenoxy) is 1. The molecule has 3 amide bonds. The lowest BCUT2D eigenvalue weighted by atomic mass is 9.87. The molecule has 174 valence electrons. The SMILES string of the molecule is C[C@@H]1CN(C(=O)N2CCC(C(=O)N[C@@H]3CCCc4ccccc43)CC2)c2cc(Cl)ccc2O1. The van der Waals surface area contributed by atoms with Crippen molar-refractivity contribution in [1.29, 1.82) is 0 Å². The number of carbonyl (C=O) groups excluding carboxylic acids is 2. The van der Waals surface area contributed by atoms with Gasteiger partial charge in [-0.2, -0.15) is 0 Å². The van der Waals surface area contributed by atoms with Crippen LogP contribution in [-0.2, 0) is 11.2 Å². The number of hydrogen-bond acceptors (Lipinski definition) is 3. The zero-order chi connectivity index (χ0) is 22.9. The van der Waals surface area contributed by atoms with Crippen LogP contribution in [0.5, 0.6) is 5.75 Å². The molecule has 33 heavy (non-hydrogen) atoms. The molecule has 3 aliphatic rings. The quantitative estimate of drug-likeness (QED) is 0.679. The van der Waals surface area contributed by atoms with E-state index in [4.69, 9.17) is 16.3 Å². The van der Waals surface area contributed by atoms with Crippen molar-refractivity contribution in [2.75, 3.05) is 24.5 Å². The van der Waals surface area contributed by atoms with E-state index >= 15 is 0 Å². The third-order valence-electron chi connectivity index (χ3n) is 7.03. The monoisotopic (exact) mass is 467 g/mol. The molecule has 2 atom stereocenters. The fraction of sp³-hybridized carbons (Fsp3) is 0.462. The van der Waals surface area contributed by atoms with Crippen LogP contribution < -0.4 is 15.0 Å². The summed E-state index contributed by atoms with van der Waals surface area (Å²) in [4.78, 5) is 30.0. The van der Waals surface area contributed by atoms with Crippen molar-refractivity contribution in [2.24, 2.45) is 5.92 Å². The number of benzene rings is 2. The molecule has 1 N–H and O–H groups in total. The number of aryl methyl sites for hydroxylation is 1. The van der Waals surface area contributed by atoms with Gasteiger partial charge in [-0.05, 0) is 68.4 Å². The Morgan fingerprint density at radius 1 is 1.09 bits per heavy atom. The summed E-state index contributed by atoms with van der Waals surface area (Å²) in [5, 5.41) is 3.87. The summed E-state index contributed by atoms with van der Waals surface area (Å²) in [6.45, 7) is 3.57. The second-order valence-corrected chi connectivity index (χ2v) is 9.78. The Labute approximate surface area is 199 Å². The number of piperidine rings is 1. The molecule has 2 aromatic rings. The van der Waals surface area contributed by atoms with Gasteiger partial charge in [0.15, 0.2) is 0 Å². The Balaban J connectivity index is 1.21. The maximum atomic E-state index is 13.4. The summed E-state index contributed by atoms with van der Waals surface area (Å²) in [7, 11) is 0. The Bertz CT molecular complexity index is 1050. The van der Waals surface area contributed by atoms with Gasteiger partial charge in [-0.15, -0.1) is 0 Å². The van der Waals surface area contributed by atoms with Gasteiger partial charge in [-0.25, -0.2) is 4.79 Å². The number of urea groups is 1. The van der Waals surface area contributed by atoms with Crippen LogP contribution in [0.25, 0.3) is 0 Å². The number of nitrogens with zero attached hydrogens (tertiary/aromatic N) is 2. The highest BCUT2D eigenvalue weighted by Crippen LogP contribution is 2.37. The van der Waals surface area contributed by atoms with Crippen molar-refractivity contribution in [3.05, 3.63) is 58.6 Å². The Kier molecular flexibility index (Phi) is 6.19. The number of halogens is 1. The summed E-state index contributed by atoms with van der Waals surface area (Å²) in [5.74, 6) is 0.725. The van der Waals surface area contributed by atoms with Crippen molar-refractivity contribution >= 4 is 29.2 Å². The molecule has 2 aromatic carbocycles. The first-order valence-electron chi connectivity index (χ1n) is 11.9. The van der Waals surface area contributed by atoms with Gasteiger partial charge in [0.05, 0.1) is 18.3 Å². The predicted molar refractivity (Wildman–Crippen MR) is 129 cm³/mol. The van der Waals surface area contributed by atoms with E-state index in [2.05, 4.69) is 23.5 Å². The summed E-state index contributed by atoms with van der Waals surface area (Å²) < 4.78 is 5.88. The van der Waals surface area contributed by atoms with Crippen LogP contribution in [0.1, 0.15) is 49.8 Å². The molecule has 1 saturated heterocycles. The van der Waals surface area contributed by atoms with Crippen LogP contribution in [0.4, 0.5) is 10.5 Å². The molecule has 2 aliphatic heterocycles. The minimum Gasteiger partial charge on any atom is -0.487 e. The minimum atomic E-state index is -0.0932. The van der Waals surface area contributed by atoms with Crippen molar-refractivity contribution < 1.29 is 14.3 Å². The van der Waals surface area contributed by atoms with E-state index in [0.29, 0.717) is 48.9 Å². The minimum absolute atomic E-state index is 0.0475. The maximum Gasteiger partial charge on any atom is 0.324 e. The number of amides is 3. The van der Waals surface area contributed by atoms with Gasteiger partial charge in [0, 0.05) is 24.0 Å². The molecule has 0 saturated carbocycles. The largest absolute Gasteiger partial charge is 0.487 e. The summed E-state index contributed by atoms with van der Waals surface area (Å²) in [6, 6.07) is 13.8. The summed E-state index contributed by atoms with van der Waals surface area (Å²) in [5.41, 5.74) is 3.31. The van der Waals surface area contributed by atoms with E-state index in [1.807, 2.05) is 24.0 Å². The standard InChI is InChI=1S/C26H30ClN3O3/c1-17-16-30(23-15-20(27)9-10-24(23)33-17)26(32)29-13-11-19(12-14-29)25(31)28-22-8-4-6-18-5-2-3-7-21(18)22/h2-3,5,7,9-10,15,17,19,22H,4,6,8,11-14,16H2,1H3,(H,28,31)/t17-,22-/m1/s1. The molecule has 1 aliphatic carbocycles. The molecular formula is C26H30ClN3O3. The Hall–Kier alpha value is -2.73. The second kappa shape index (κ2) is 9.26. The van der Waals surface area contributed by atoms with Gasteiger partial charge in [-0.1, -0.05) is 35.9 Å². The Morgan fingerprint density at radius 3 is 2.70 bits per heavy atom. The van der Waals surface area contributed by atoms with Gasteiger partial charge >= 0.3 is 6.03 Å². The predicted octanol–water partition coefficient (Wildman–Crippen LogP) is 4.95. The highest BCUT2D eigenvalue weighted by atomic mass is 35.5. The summed E-state index contributed by atoms with van der Waals surface area (Å²) >= 11 is 6.18. The zero-order valence-corrected chi connectivity index (χ0v) is 19.7. The van der Waals surface area contributed by atoms with Crippen LogP contribution in [0.15, 0.2) is 42.5 Å². The number of anilines is 1. The van der Waals surface area contributed by atoms with Crippen LogP contribution >= 0.6 is 11.6 Å². The van der Waals surface area contributed by atoms with E-state index in [9.17, 15) is 9.59 Å². The van der Waals surface area contributed by atoms with E-state index in [1.54, 1.807) is 17.0 Å². The van der Waals surface area contributed by atoms with Crippen LogP contribution in [-0.4, -0.2) is 42.6 Å². The fourth-order valence-electron chi connectivity index (χ4n) is 5.29. The molecule has 0 aromatic heterocycles. The van der Waals surface area contributed by atoms with Crippen LogP contribution in [0.2, 0.25) is 5.02 Å². The van der Waals surface area contributed by atoms with Gasteiger partial charge in [0.2, 0.25) is 5.91 Å². The maximum absolute atomic E-state index is 13.4. The smallest absolute Gasteiger partial charge is 0.324 e. The number of carbonyl (C=O) groups is 2. The fourth-order valence-corrected chi connectivity index (χ4v) is 5.46. The number of likely N-dealkylation sites (tertiary alicyclic amines) is 1. The van der Waals surface area contributed by atoms with Crippen LogP contribution in [0.3, 0.4) is 0 Å². The number of nitrogens with one attached hydrogen (secondary N) is 1. The van der Waals surface area contributed by atoms with Gasteiger partial charge in [0.1, 0.15) is 11.9 Å². The lowest BCUT2D eigenvalue weighted by molar-refractivity contribution is -0.127. The highest BCUT2D eigenvalue weighted by Gasteiger charge is 2.34. The molecule has 7 heteroatoms. The van der Waals surface area contributed by atoms with Crippen molar-refractivity contribution in [1.82, 2.24) is 10.2 Å². The average molecular weight is 468 g/mol. The van der Waals surface area contributed by atoms with E-state index in [1.165, 1.54) is 11.1 Å². The highest BCUT2D eigenvalue weighted by molar-refractivity contribution is 6.31. The lowest BCUT2D eigenvalue weighted by Crippen LogP contribution is -2.52. The summed E-state index contributed by atoms with van der Waals surface area (Å²) in [6.07, 6.45) is 4.42. The molecule has 5 rings (SSSR count). The molecule has 1 fully saturated rings. The molecule has 0 spiro atoms.